The second-order valence-electron chi connectivity index (χ2n) is 7.02. The van der Waals surface area contributed by atoms with Gasteiger partial charge in [0.25, 0.3) is 0 Å². The molecule has 138 valence electrons. The van der Waals surface area contributed by atoms with Crippen LogP contribution in [0.15, 0.2) is 24.3 Å². The van der Waals surface area contributed by atoms with Crippen molar-refractivity contribution in [3.63, 3.8) is 0 Å². The van der Waals surface area contributed by atoms with E-state index in [2.05, 4.69) is 31.2 Å². The Morgan fingerprint density at radius 1 is 0.917 bits per heavy atom. The maximum absolute atomic E-state index is 9.43. The van der Waals surface area contributed by atoms with Gasteiger partial charge in [0.2, 0.25) is 0 Å². The first-order valence-corrected chi connectivity index (χ1v) is 9.77. The molecule has 1 rings (SSSR count). The van der Waals surface area contributed by atoms with Gasteiger partial charge in [-0.3, -0.25) is 0 Å². The van der Waals surface area contributed by atoms with Crippen LogP contribution >= 0.6 is 0 Å². The van der Waals surface area contributed by atoms with Crippen LogP contribution in [0.2, 0.25) is 0 Å². The fourth-order valence-corrected chi connectivity index (χ4v) is 3.20. The van der Waals surface area contributed by atoms with Crippen molar-refractivity contribution in [2.45, 2.75) is 77.2 Å². The van der Waals surface area contributed by atoms with Crippen molar-refractivity contribution in [2.75, 3.05) is 13.2 Å². The Morgan fingerprint density at radius 2 is 1.58 bits per heavy atom. The van der Waals surface area contributed by atoms with Gasteiger partial charge in [0, 0.05) is 19.3 Å². The first-order chi connectivity index (χ1) is 11.7. The van der Waals surface area contributed by atoms with Crippen molar-refractivity contribution in [1.29, 1.82) is 0 Å². The molecule has 0 aromatic heterocycles. The number of aryl methyl sites for hydroxylation is 1. The molecular formula is C21H37NO2. The van der Waals surface area contributed by atoms with Gasteiger partial charge in [-0.1, -0.05) is 63.3 Å². The topological polar surface area (TPSA) is 66.5 Å². The molecule has 1 aromatic carbocycles. The lowest BCUT2D eigenvalue weighted by Gasteiger charge is -2.19. The molecule has 3 nitrogen and oxygen atoms in total. The number of hydrogen-bond donors (Lipinski definition) is 3. The van der Waals surface area contributed by atoms with Gasteiger partial charge in [-0.15, -0.1) is 0 Å². The third-order valence-electron chi connectivity index (χ3n) is 4.84. The van der Waals surface area contributed by atoms with Crippen LogP contribution in [0.25, 0.3) is 0 Å². The SMILES string of the molecule is CCCCCCCCc1ccc(C(N)CC(CO)CCCO)cc1. The van der Waals surface area contributed by atoms with Gasteiger partial charge in [0.1, 0.15) is 0 Å². The second kappa shape index (κ2) is 13.4. The summed E-state index contributed by atoms with van der Waals surface area (Å²) in [6.07, 6.45) is 11.5. The monoisotopic (exact) mass is 335 g/mol. The second-order valence-corrected chi connectivity index (χ2v) is 7.02. The Balaban J connectivity index is 2.34. The zero-order chi connectivity index (χ0) is 17.6. The highest BCUT2D eigenvalue weighted by Gasteiger charge is 2.14. The Kier molecular flexibility index (Phi) is 11.8. The minimum Gasteiger partial charge on any atom is -0.396 e. The van der Waals surface area contributed by atoms with Crippen molar-refractivity contribution in [1.82, 2.24) is 0 Å². The molecule has 0 spiro atoms. The molecule has 0 saturated carbocycles. The van der Waals surface area contributed by atoms with E-state index in [1.54, 1.807) is 0 Å². The summed E-state index contributed by atoms with van der Waals surface area (Å²) in [4.78, 5) is 0. The van der Waals surface area contributed by atoms with Crippen LogP contribution in [-0.2, 0) is 6.42 Å². The van der Waals surface area contributed by atoms with Gasteiger partial charge < -0.3 is 15.9 Å². The quantitative estimate of drug-likeness (QED) is 0.443. The fourth-order valence-electron chi connectivity index (χ4n) is 3.20. The summed E-state index contributed by atoms with van der Waals surface area (Å²) in [6.45, 7) is 2.57. The average Bonchev–Trinajstić information content (AvgIpc) is 2.61. The predicted octanol–water partition coefficient (Wildman–Crippen LogP) is 4.36. The fraction of sp³-hybridized carbons (Fsp3) is 0.714. The lowest BCUT2D eigenvalue weighted by atomic mass is 9.92. The van der Waals surface area contributed by atoms with Crippen molar-refractivity contribution in [2.24, 2.45) is 11.7 Å². The van der Waals surface area contributed by atoms with E-state index in [1.165, 1.54) is 44.1 Å². The van der Waals surface area contributed by atoms with E-state index in [1.807, 2.05) is 0 Å². The highest BCUT2D eigenvalue weighted by atomic mass is 16.3. The van der Waals surface area contributed by atoms with Crippen LogP contribution in [0.3, 0.4) is 0 Å². The molecular weight excluding hydrogens is 298 g/mol. The van der Waals surface area contributed by atoms with Crippen molar-refractivity contribution >= 4 is 0 Å². The van der Waals surface area contributed by atoms with Crippen LogP contribution in [0, 0.1) is 5.92 Å². The molecule has 2 atom stereocenters. The molecule has 1 aromatic rings. The normalized spacial score (nSPS) is 13.8. The predicted molar refractivity (Wildman–Crippen MR) is 102 cm³/mol. The Labute approximate surface area is 148 Å². The maximum atomic E-state index is 9.43. The van der Waals surface area contributed by atoms with E-state index in [4.69, 9.17) is 10.8 Å². The lowest BCUT2D eigenvalue weighted by molar-refractivity contribution is 0.188. The number of aliphatic hydroxyl groups excluding tert-OH is 2. The minimum absolute atomic E-state index is 0.0380. The third-order valence-corrected chi connectivity index (χ3v) is 4.84. The van der Waals surface area contributed by atoms with E-state index in [0.29, 0.717) is 0 Å². The van der Waals surface area contributed by atoms with Crippen LogP contribution in [0.5, 0.6) is 0 Å². The number of hydrogen-bond acceptors (Lipinski definition) is 3. The van der Waals surface area contributed by atoms with E-state index >= 15 is 0 Å². The molecule has 24 heavy (non-hydrogen) atoms. The number of rotatable bonds is 14. The summed E-state index contributed by atoms with van der Waals surface area (Å²) >= 11 is 0. The van der Waals surface area contributed by atoms with Crippen molar-refractivity contribution in [3.8, 4) is 0 Å². The number of aliphatic hydroxyl groups is 2. The molecule has 0 aliphatic carbocycles. The molecule has 0 radical (unpaired) electrons. The highest BCUT2D eigenvalue weighted by molar-refractivity contribution is 5.25. The van der Waals surface area contributed by atoms with Crippen LogP contribution in [0.1, 0.15) is 81.9 Å². The summed E-state index contributed by atoms with van der Waals surface area (Å²) in [7, 11) is 0. The lowest BCUT2D eigenvalue weighted by Crippen LogP contribution is -2.18. The number of nitrogens with two attached hydrogens (primary N) is 1. The zero-order valence-electron chi connectivity index (χ0n) is 15.4. The van der Waals surface area contributed by atoms with Gasteiger partial charge in [-0.25, -0.2) is 0 Å². The first kappa shape index (κ1) is 21.1. The van der Waals surface area contributed by atoms with Gasteiger partial charge in [-0.2, -0.15) is 0 Å². The van der Waals surface area contributed by atoms with E-state index < -0.39 is 0 Å². The van der Waals surface area contributed by atoms with Crippen LogP contribution in [0.4, 0.5) is 0 Å². The molecule has 4 N–H and O–H groups in total. The minimum atomic E-state index is -0.0380. The summed E-state index contributed by atoms with van der Waals surface area (Å²) in [5.41, 5.74) is 8.82. The third kappa shape index (κ3) is 8.81. The molecule has 0 aliphatic rings. The van der Waals surface area contributed by atoms with Gasteiger partial charge in [0.05, 0.1) is 0 Å². The zero-order valence-corrected chi connectivity index (χ0v) is 15.4. The van der Waals surface area contributed by atoms with Gasteiger partial charge >= 0.3 is 0 Å². The smallest absolute Gasteiger partial charge is 0.0459 e. The van der Waals surface area contributed by atoms with E-state index in [-0.39, 0.29) is 25.2 Å². The Morgan fingerprint density at radius 3 is 2.21 bits per heavy atom. The molecule has 2 unspecified atom stereocenters. The van der Waals surface area contributed by atoms with Gasteiger partial charge in [-0.05, 0) is 49.1 Å². The Bertz CT molecular complexity index is 405. The maximum Gasteiger partial charge on any atom is 0.0459 e. The van der Waals surface area contributed by atoms with Crippen molar-refractivity contribution < 1.29 is 10.2 Å². The standard InChI is InChI=1S/C21H37NO2/c1-2-3-4-5-6-7-9-18-11-13-20(14-12-18)21(22)16-19(17-24)10-8-15-23/h11-14,19,21,23-24H,2-10,15-17,22H2,1H3. The largest absolute Gasteiger partial charge is 0.396 e. The van der Waals surface area contributed by atoms with Crippen molar-refractivity contribution in [3.05, 3.63) is 35.4 Å². The van der Waals surface area contributed by atoms with Crippen LogP contribution < -0.4 is 5.73 Å². The molecule has 0 fully saturated rings. The molecule has 0 aliphatic heterocycles. The average molecular weight is 336 g/mol. The summed E-state index contributed by atoms with van der Waals surface area (Å²) in [5, 5.41) is 18.3. The summed E-state index contributed by atoms with van der Waals surface area (Å²) in [6, 6.07) is 8.63. The number of unbranched alkanes of at least 4 members (excludes halogenated alkanes) is 5. The summed E-state index contributed by atoms with van der Waals surface area (Å²) in [5.74, 6) is 0.176. The molecule has 0 saturated heterocycles. The molecule has 0 amide bonds. The molecule has 0 bridgehead atoms. The molecule has 3 heteroatoms. The molecule has 0 heterocycles. The van der Waals surface area contributed by atoms with E-state index in [0.717, 1.165) is 31.2 Å². The summed E-state index contributed by atoms with van der Waals surface area (Å²) < 4.78 is 0. The Hall–Kier alpha value is -0.900. The first-order valence-electron chi connectivity index (χ1n) is 9.77. The van der Waals surface area contributed by atoms with E-state index in [9.17, 15) is 5.11 Å². The van der Waals surface area contributed by atoms with Gasteiger partial charge in [0.15, 0.2) is 0 Å². The highest BCUT2D eigenvalue weighted by Crippen LogP contribution is 2.22. The number of benzene rings is 1. The van der Waals surface area contributed by atoms with Crippen LogP contribution in [-0.4, -0.2) is 23.4 Å².